The zero-order chi connectivity index (χ0) is 14.3. The molecule has 0 saturated carbocycles. The Bertz CT molecular complexity index is 303. The summed E-state index contributed by atoms with van der Waals surface area (Å²) >= 11 is 0. The highest BCUT2D eigenvalue weighted by molar-refractivity contribution is 5.74. The normalized spacial score (nSPS) is 18.1. The van der Waals surface area contributed by atoms with Crippen molar-refractivity contribution in [1.82, 2.24) is 20.4 Å². The van der Waals surface area contributed by atoms with Crippen molar-refractivity contribution in [3.8, 4) is 0 Å². The van der Waals surface area contributed by atoms with Crippen LogP contribution in [0.2, 0.25) is 0 Å². The number of amides is 2. The van der Waals surface area contributed by atoms with Gasteiger partial charge in [-0.2, -0.15) is 0 Å². The van der Waals surface area contributed by atoms with E-state index in [4.69, 9.17) is 5.11 Å². The molecule has 0 spiro atoms. The van der Waals surface area contributed by atoms with Gasteiger partial charge in [0.15, 0.2) is 0 Å². The fraction of sp³-hybridized carbons (Fsp3) is 0.833. The SMILES string of the molecule is CNCCCNC(=O)N1CCN(C(C)C(=O)O)CC1. The van der Waals surface area contributed by atoms with E-state index in [2.05, 4.69) is 10.6 Å². The third-order valence-corrected chi connectivity index (χ3v) is 3.39. The van der Waals surface area contributed by atoms with Gasteiger partial charge in [0.05, 0.1) is 0 Å². The minimum atomic E-state index is -0.815. The van der Waals surface area contributed by atoms with E-state index in [1.165, 1.54) is 0 Å². The van der Waals surface area contributed by atoms with Crippen molar-refractivity contribution in [2.75, 3.05) is 46.3 Å². The van der Waals surface area contributed by atoms with Crippen LogP contribution in [-0.4, -0.2) is 79.3 Å². The summed E-state index contributed by atoms with van der Waals surface area (Å²) in [4.78, 5) is 26.3. The second kappa shape index (κ2) is 7.96. The number of nitrogens with one attached hydrogen (secondary N) is 2. The molecular formula is C12H24N4O3. The summed E-state index contributed by atoms with van der Waals surface area (Å²) in [5.74, 6) is -0.815. The third kappa shape index (κ3) is 5.04. The Labute approximate surface area is 113 Å². The number of carboxylic acids is 1. The van der Waals surface area contributed by atoms with Crippen molar-refractivity contribution < 1.29 is 14.7 Å². The van der Waals surface area contributed by atoms with E-state index < -0.39 is 12.0 Å². The fourth-order valence-corrected chi connectivity index (χ4v) is 2.04. The van der Waals surface area contributed by atoms with E-state index in [9.17, 15) is 9.59 Å². The molecule has 1 heterocycles. The lowest BCUT2D eigenvalue weighted by Crippen LogP contribution is -2.55. The Kier molecular flexibility index (Phi) is 6.58. The monoisotopic (exact) mass is 272 g/mol. The number of carbonyl (C=O) groups is 2. The molecule has 110 valence electrons. The number of carbonyl (C=O) groups excluding carboxylic acids is 1. The van der Waals surface area contributed by atoms with Gasteiger partial charge in [-0.05, 0) is 26.9 Å². The first-order chi connectivity index (χ1) is 9.06. The molecule has 1 unspecified atom stereocenters. The number of hydrogen-bond donors (Lipinski definition) is 3. The van der Waals surface area contributed by atoms with Gasteiger partial charge in [-0.3, -0.25) is 9.69 Å². The largest absolute Gasteiger partial charge is 0.480 e. The summed E-state index contributed by atoms with van der Waals surface area (Å²) in [6, 6.07) is -0.542. The Balaban J connectivity index is 2.25. The Morgan fingerprint density at radius 2 is 1.84 bits per heavy atom. The quantitative estimate of drug-likeness (QED) is 0.562. The molecule has 7 heteroatoms. The van der Waals surface area contributed by atoms with E-state index in [1.54, 1.807) is 11.8 Å². The first-order valence-electron chi connectivity index (χ1n) is 6.70. The standard InChI is InChI=1S/C12H24N4O3/c1-10(11(17)18)15-6-8-16(9-7-15)12(19)14-5-3-4-13-2/h10,13H,3-9H2,1-2H3,(H,14,19)(H,17,18). The van der Waals surface area contributed by atoms with Gasteiger partial charge in [0, 0.05) is 32.7 Å². The maximum atomic E-state index is 11.8. The summed E-state index contributed by atoms with van der Waals surface area (Å²) < 4.78 is 0. The smallest absolute Gasteiger partial charge is 0.320 e. The van der Waals surface area contributed by atoms with Gasteiger partial charge in [-0.15, -0.1) is 0 Å². The van der Waals surface area contributed by atoms with Crippen LogP contribution in [0, 0.1) is 0 Å². The van der Waals surface area contributed by atoms with Gasteiger partial charge in [0.1, 0.15) is 6.04 Å². The van der Waals surface area contributed by atoms with Gasteiger partial charge in [0.25, 0.3) is 0 Å². The van der Waals surface area contributed by atoms with Crippen molar-refractivity contribution in [2.24, 2.45) is 0 Å². The number of carboxylic acid groups (broad SMARTS) is 1. The minimum absolute atomic E-state index is 0.0567. The van der Waals surface area contributed by atoms with Gasteiger partial charge in [-0.25, -0.2) is 4.79 Å². The molecular weight excluding hydrogens is 248 g/mol. The van der Waals surface area contributed by atoms with Crippen molar-refractivity contribution >= 4 is 12.0 Å². The highest BCUT2D eigenvalue weighted by atomic mass is 16.4. The molecule has 1 fully saturated rings. The molecule has 0 aromatic rings. The van der Waals surface area contributed by atoms with Gasteiger partial charge in [0.2, 0.25) is 0 Å². The van der Waals surface area contributed by atoms with E-state index in [0.717, 1.165) is 13.0 Å². The lowest BCUT2D eigenvalue weighted by atomic mass is 10.2. The summed E-state index contributed by atoms with van der Waals surface area (Å²) in [5, 5.41) is 14.8. The molecule has 0 aromatic carbocycles. The van der Waals surface area contributed by atoms with Crippen LogP contribution in [0.3, 0.4) is 0 Å². The molecule has 1 saturated heterocycles. The summed E-state index contributed by atoms with van der Waals surface area (Å²) in [5.41, 5.74) is 0. The molecule has 19 heavy (non-hydrogen) atoms. The van der Waals surface area contributed by atoms with Crippen LogP contribution in [0.5, 0.6) is 0 Å². The Morgan fingerprint density at radius 1 is 1.21 bits per heavy atom. The fourth-order valence-electron chi connectivity index (χ4n) is 2.04. The van der Waals surface area contributed by atoms with Gasteiger partial charge < -0.3 is 20.6 Å². The van der Waals surface area contributed by atoms with Crippen LogP contribution in [0.15, 0.2) is 0 Å². The second-order valence-electron chi connectivity index (χ2n) is 4.73. The predicted octanol–water partition coefficient (Wildman–Crippen LogP) is -0.604. The molecule has 1 aliphatic heterocycles. The van der Waals surface area contributed by atoms with E-state index in [0.29, 0.717) is 32.7 Å². The molecule has 7 nitrogen and oxygen atoms in total. The van der Waals surface area contributed by atoms with Crippen LogP contribution < -0.4 is 10.6 Å². The molecule has 0 aliphatic carbocycles. The second-order valence-corrected chi connectivity index (χ2v) is 4.73. The lowest BCUT2D eigenvalue weighted by Gasteiger charge is -2.36. The molecule has 2 amide bonds. The summed E-state index contributed by atoms with van der Waals surface area (Å²) in [7, 11) is 1.88. The van der Waals surface area contributed by atoms with Crippen LogP contribution >= 0.6 is 0 Å². The average Bonchev–Trinajstić information content (AvgIpc) is 2.42. The Morgan fingerprint density at radius 3 is 2.37 bits per heavy atom. The maximum absolute atomic E-state index is 11.8. The molecule has 1 rings (SSSR count). The number of piperazine rings is 1. The predicted molar refractivity (Wildman–Crippen MR) is 72.2 cm³/mol. The molecule has 3 N–H and O–H groups in total. The van der Waals surface area contributed by atoms with Crippen molar-refractivity contribution in [2.45, 2.75) is 19.4 Å². The number of nitrogens with zero attached hydrogens (tertiary/aromatic N) is 2. The lowest BCUT2D eigenvalue weighted by molar-refractivity contribution is -0.143. The number of urea groups is 1. The highest BCUT2D eigenvalue weighted by Crippen LogP contribution is 2.06. The van der Waals surface area contributed by atoms with Crippen LogP contribution in [-0.2, 0) is 4.79 Å². The molecule has 0 aromatic heterocycles. The summed E-state index contributed by atoms with van der Waals surface area (Å²) in [6.45, 7) is 5.59. The highest BCUT2D eigenvalue weighted by Gasteiger charge is 2.26. The first-order valence-corrected chi connectivity index (χ1v) is 6.70. The zero-order valence-corrected chi connectivity index (χ0v) is 11.7. The number of aliphatic carboxylic acids is 1. The van der Waals surface area contributed by atoms with Gasteiger partial charge >= 0.3 is 12.0 Å². The number of rotatable bonds is 6. The van der Waals surface area contributed by atoms with Gasteiger partial charge in [-0.1, -0.05) is 0 Å². The van der Waals surface area contributed by atoms with E-state index >= 15 is 0 Å². The van der Waals surface area contributed by atoms with Crippen molar-refractivity contribution in [1.29, 1.82) is 0 Å². The maximum Gasteiger partial charge on any atom is 0.320 e. The van der Waals surface area contributed by atoms with Crippen LogP contribution in [0.1, 0.15) is 13.3 Å². The Hall–Kier alpha value is -1.34. The molecule has 0 radical (unpaired) electrons. The number of hydrogen-bond acceptors (Lipinski definition) is 4. The molecule has 0 bridgehead atoms. The van der Waals surface area contributed by atoms with Crippen molar-refractivity contribution in [3.63, 3.8) is 0 Å². The van der Waals surface area contributed by atoms with E-state index in [-0.39, 0.29) is 6.03 Å². The molecule has 1 aliphatic rings. The van der Waals surface area contributed by atoms with Crippen molar-refractivity contribution in [3.05, 3.63) is 0 Å². The topological polar surface area (TPSA) is 84.9 Å². The first kappa shape index (κ1) is 15.7. The minimum Gasteiger partial charge on any atom is -0.480 e. The van der Waals surface area contributed by atoms with E-state index in [1.807, 2.05) is 11.9 Å². The third-order valence-electron chi connectivity index (χ3n) is 3.39. The summed E-state index contributed by atoms with van der Waals surface area (Å²) in [6.07, 6.45) is 0.901. The van der Waals surface area contributed by atoms with Crippen LogP contribution in [0.4, 0.5) is 4.79 Å². The average molecular weight is 272 g/mol. The molecule has 1 atom stereocenters. The zero-order valence-electron chi connectivity index (χ0n) is 11.7. The van der Waals surface area contributed by atoms with Crippen LogP contribution in [0.25, 0.3) is 0 Å².